The fourth-order valence-electron chi connectivity index (χ4n) is 7.61. The number of ether oxygens (including phenoxy) is 2. The molecule has 1 spiro atoms. The van der Waals surface area contributed by atoms with Crippen molar-refractivity contribution in [1.29, 1.82) is 0 Å². The summed E-state index contributed by atoms with van der Waals surface area (Å²) >= 11 is 6.59. The first-order valence-electron chi connectivity index (χ1n) is 15.8. The predicted octanol–water partition coefficient (Wildman–Crippen LogP) is 6.33. The SMILES string of the molecule is COc1ccc([Si](C)(C)[C@H]2[C@H](CCO)O[C@@]3(C(=O)N(Cc4cccc(NC(=O)c5ccc(N)cc5)c4)c4ccc(Cl)cc43)[C@@H]2C)cc1. The van der Waals surface area contributed by atoms with Crippen LogP contribution in [0.2, 0.25) is 23.7 Å². The lowest BCUT2D eigenvalue weighted by Crippen LogP contribution is -2.51. The number of halogens is 1. The third-order valence-electron chi connectivity index (χ3n) is 9.91. The molecule has 0 aliphatic carbocycles. The standard InChI is InChI=1S/C37H40ClN3O5Si/c1-23-34(47(3,4)30-15-13-29(45-2)14-16-30)33(18-19-42)46-37(23)31-21-26(38)10-17-32(31)41(36(37)44)22-24-6-5-7-28(20-24)40-35(43)25-8-11-27(39)12-9-25/h5-17,20-21,23,33-34,42H,18-19,22,39H2,1-4H3,(H,40,43)/t23-,33+,34-,37+/m1/s1. The number of carbonyl (C=O) groups is 2. The maximum atomic E-state index is 14.8. The molecular formula is C37H40ClN3O5Si. The Morgan fingerprint density at radius 2 is 1.79 bits per heavy atom. The van der Waals surface area contributed by atoms with Crippen molar-refractivity contribution in [2.24, 2.45) is 5.92 Å². The van der Waals surface area contributed by atoms with E-state index < -0.39 is 13.7 Å². The van der Waals surface area contributed by atoms with Gasteiger partial charge in [0.05, 0.1) is 33.5 Å². The lowest BCUT2D eigenvalue weighted by atomic mass is 9.82. The van der Waals surface area contributed by atoms with Gasteiger partial charge in [-0.15, -0.1) is 0 Å². The third-order valence-corrected chi connectivity index (χ3v) is 14.5. The molecule has 6 rings (SSSR count). The van der Waals surface area contributed by atoms with Crippen molar-refractivity contribution in [2.75, 3.05) is 29.7 Å². The summed E-state index contributed by atoms with van der Waals surface area (Å²) in [5.41, 5.74) is 8.56. The molecule has 0 bridgehead atoms. The summed E-state index contributed by atoms with van der Waals surface area (Å²) in [5.74, 6) is 0.180. The van der Waals surface area contributed by atoms with E-state index in [1.807, 2.05) is 48.5 Å². The zero-order valence-corrected chi connectivity index (χ0v) is 28.8. The highest BCUT2D eigenvalue weighted by atomic mass is 35.5. The van der Waals surface area contributed by atoms with Crippen molar-refractivity contribution in [3.05, 3.63) is 113 Å². The quantitative estimate of drug-likeness (QED) is 0.142. The second-order valence-corrected chi connectivity index (χ2v) is 18.1. The van der Waals surface area contributed by atoms with Crippen molar-refractivity contribution in [3.8, 4) is 5.75 Å². The first-order valence-corrected chi connectivity index (χ1v) is 19.3. The number of aliphatic hydroxyl groups is 1. The van der Waals surface area contributed by atoms with Crippen molar-refractivity contribution in [2.45, 2.75) is 50.2 Å². The van der Waals surface area contributed by atoms with Crippen LogP contribution in [-0.4, -0.2) is 44.8 Å². The van der Waals surface area contributed by atoms with E-state index in [4.69, 9.17) is 26.8 Å². The number of amides is 2. The van der Waals surface area contributed by atoms with E-state index >= 15 is 0 Å². The Balaban J connectivity index is 1.34. The number of carbonyl (C=O) groups excluding carboxylic acids is 2. The fraction of sp³-hybridized carbons (Fsp3) is 0.297. The number of nitrogens with one attached hydrogen (secondary N) is 1. The summed E-state index contributed by atoms with van der Waals surface area (Å²) in [4.78, 5) is 29.5. The largest absolute Gasteiger partial charge is 0.497 e. The molecule has 4 aromatic rings. The number of aliphatic hydroxyl groups excluding tert-OH is 1. The van der Waals surface area contributed by atoms with Crippen LogP contribution < -0.4 is 25.9 Å². The number of methoxy groups -OCH3 is 1. The van der Waals surface area contributed by atoms with Gasteiger partial charge in [-0.1, -0.05) is 61.1 Å². The molecule has 244 valence electrons. The Bertz CT molecular complexity index is 1800. The molecule has 1 saturated heterocycles. The maximum Gasteiger partial charge on any atom is 0.264 e. The second-order valence-electron chi connectivity index (χ2n) is 13.0. The average molecular weight is 670 g/mol. The van der Waals surface area contributed by atoms with E-state index in [2.05, 4.69) is 37.5 Å². The van der Waals surface area contributed by atoms with E-state index in [1.54, 1.807) is 42.3 Å². The van der Waals surface area contributed by atoms with Gasteiger partial charge in [-0.3, -0.25) is 9.59 Å². The van der Waals surface area contributed by atoms with Crippen molar-refractivity contribution >= 4 is 53.7 Å². The van der Waals surface area contributed by atoms with Crippen molar-refractivity contribution in [1.82, 2.24) is 0 Å². The number of hydrogen-bond acceptors (Lipinski definition) is 6. The summed E-state index contributed by atoms with van der Waals surface area (Å²) in [6, 6.07) is 27.9. The van der Waals surface area contributed by atoms with E-state index in [9.17, 15) is 14.7 Å². The summed E-state index contributed by atoms with van der Waals surface area (Å²) in [7, 11) is -0.644. The van der Waals surface area contributed by atoms with E-state index in [0.717, 1.165) is 22.6 Å². The lowest BCUT2D eigenvalue weighted by Gasteiger charge is -2.37. The van der Waals surface area contributed by atoms with E-state index in [1.165, 1.54) is 5.19 Å². The number of benzene rings is 4. The topological polar surface area (TPSA) is 114 Å². The monoisotopic (exact) mass is 669 g/mol. The van der Waals surface area contributed by atoms with Gasteiger partial charge >= 0.3 is 0 Å². The Labute approximate surface area is 281 Å². The maximum absolute atomic E-state index is 14.8. The van der Waals surface area contributed by atoms with Gasteiger partial charge in [-0.25, -0.2) is 0 Å². The fourth-order valence-corrected chi connectivity index (χ4v) is 11.8. The van der Waals surface area contributed by atoms with Crippen LogP contribution in [0.15, 0.2) is 91.0 Å². The van der Waals surface area contributed by atoms with Gasteiger partial charge in [-0.05, 0) is 84.3 Å². The number of fused-ring (bicyclic) bond motifs is 2. The van der Waals surface area contributed by atoms with Crippen LogP contribution >= 0.6 is 11.6 Å². The molecule has 10 heteroatoms. The molecule has 2 amide bonds. The minimum absolute atomic E-state index is 0.0191. The Morgan fingerprint density at radius 1 is 1.06 bits per heavy atom. The van der Waals surface area contributed by atoms with Gasteiger partial charge in [0, 0.05) is 40.0 Å². The summed E-state index contributed by atoms with van der Waals surface area (Å²) in [6.07, 6.45) is 0.0869. The molecule has 0 aromatic heterocycles. The molecular weight excluding hydrogens is 630 g/mol. The predicted molar refractivity (Wildman–Crippen MR) is 189 cm³/mol. The Kier molecular flexibility index (Phi) is 8.93. The van der Waals surface area contributed by atoms with Crippen molar-refractivity contribution < 1.29 is 24.2 Å². The molecule has 0 unspecified atom stereocenters. The minimum atomic E-state index is -2.30. The summed E-state index contributed by atoms with van der Waals surface area (Å²) in [5, 5.41) is 14.9. The highest BCUT2D eigenvalue weighted by molar-refractivity contribution is 6.91. The van der Waals surface area contributed by atoms with Crippen LogP contribution in [0.5, 0.6) is 5.75 Å². The number of nitrogen functional groups attached to an aromatic ring is 1. The van der Waals surface area contributed by atoms with Crippen LogP contribution in [0.4, 0.5) is 17.1 Å². The smallest absolute Gasteiger partial charge is 0.264 e. The molecule has 0 saturated carbocycles. The van der Waals surface area contributed by atoms with Gasteiger partial charge in [0.1, 0.15) is 5.75 Å². The zero-order chi connectivity index (χ0) is 33.5. The number of hydrogen-bond donors (Lipinski definition) is 3. The van der Waals surface area contributed by atoms with Gasteiger partial charge in [0.15, 0.2) is 5.60 Å². The number of nitrogens with zero attached hydrogens (tertiary/aromatic N) is 1. The Hall–Kier alpha value is -4.15. The molecule has 8 nitrogen and oxygen atoms in total. The lowest BCUT2D eigenvalue weighted by molar-refractivity contribution is -0.146. The molecule has 4 N–H and O–H groups in total. The normalized spacial score (nSPS) is 22.0. The molecule has 2 aliphatic rings. The molecule has 4 atom stereocenters. The molecule has 2 heterocycles. The van der Waals surface area contributed by atoms with Crippen molar-refractivity contribution in [3.63, 3.8) is 0 Å². The molecule has 2 aliphatic heterocycles. The highest BCUT2D eigenvalue weighted by Gasteiger charge is 2.66. The first kappa shape index (κ1) is 32.8. The van der Waals surface area contributed by atoms with Crippen LogP contribution in [0.3, 0.4) is 0 Å². The molecule has 0 radical (unpaired) electrons. The van der Waals surface area contributed by atoms with E-state index in [-0.39, 0.29) is 42.5 Å². The van der Waals surface area contributed by atoms with Gasteiger partial charge in [0.25, 0.3) is 11.8 Å². The van der Waals surface area contributed by atoms with Gasteiger partial charge in [0.2, 0.25) is 0 Å². The highest BCUT2D eigenvalue weighted by Crippen LogP contribution is 2.60. The minimum Gasteiger partial charge on any atom is -0.497 e. The number of nitrogens with two attached hydrogens (primary N) is 1. The van der Waals surface area contributed by atoms with E-state index in [0.29, 0.717) is 28.4 Å². The van der Waals surface area contributed by atoms with Crippen LogP contribution in [0.1, 0.15) is 34.8 Å². The van der Waals surface area contributed by atoms with Crippen LogP contribution in [0, 0.1) is 5.92 Å². The second kappa shape index (κ2) is 12.8. The van der Waals surface area contributed by atoms with Gasteiger partial charge in [-0.2, -0.15) is 0 Å². The number of rotatable bonds is 9. The Morgan fingerprint density at radius 3 is 2.47 bits per heavy atom. The zero-order valence-electron chi connectivity index (χ0n) is 27.0. The molecule has 47 heavy (non-hydrogen) atoms. The first-order chi connectivity index (χ1) is 22.5. The number of anilines is 3. The third kappa shape index (κ3) is 5.82. The summed E-state index contributed by atoms with van der Waals surface area (Å²) < 4.78 is 12.4. The van der Waals surface area contributed by atoms with Gasteiger partial charge < -0.3 is 30.5 Å². The van der Waals surface area contributed by atoms with Crippen LogP contribution in [0.25, 0.3) is 0 Å². The van der Waals surface area contributed by atoms with Crippen LogP contribution in [-0.2, 0) is 21.7 Å². The molecule has 4 aromatic carbocycles. The summed E-state index contributed by atoms with van der Waals surface area (Å²) in [6.45, 7) is 6.95. The molecule has 1 fully saturated rings. The average Bonchev–Trinajstić information content (AvgIpc) is 3.48.